The van der Waals surface area contributed by atoms with Crippen LogP contribution in [0.2, 0.25) is 0 Å². The van der Waals surface area contributed by atoms with Crippen molar-refractivity contribution in [2.24, 2.45) is 0 Å². The van der Waals surface area contributed by atoms with Gasteiger partial charge in [0, 0.05) is 76.5 Å². The molecular weight excluding hydrogens is 352 g/mol. The minimum absolute atomic E-state index is 0.762. The van der Waals surface area contributed by atoms with E-state index in [4.69, 9.17) is 9.72 Å². The summed E-state index contributed by atoms with van der Waals surface area (Å²) in [6, 6.07) is 6.47. The first kappa shape index (κ1) is 19.4. The molecule has 0 aliphatic carbocycles. The normalized spacial score (nSPS) is 19.3. The minimum Gasteiger partial charge on any atom is -0.378 e. The fraction of sp³-hybridized carbons (Fsp3) is 0.619. The molecule has 7 nitrogen and oxygen atoms in total. The molecule has 0 aromatic carbocycles. The molecule has 0 saturated carbocycles. The van der Waals surface area contributed by atoms with Crippen molar-refractivity contribution in [3.05, 3.63) is 41.5 Å². The molecule has 4 rings (SSSR count). The average molecular weight is 385 g/mol. The maximum Gasteiger partial charge on any atom is 0.225 e. The molecule has 0 N–H and O–H groups in total. The third kappa shape index (κ3) is 4.71. The Balaban J connectivity index is 1.25. The monoisotopic (exact) mass is 384 g/mol. The van der Waals surface area contributed by atoms with E-state index in [9.17, 15) is 0 Å². The maximum atomic E-state index is 5.43. The number of hydrogen-bond acceptors (Lipinski definition) is 6. The van der Waals surface area contributed by atoms with Gasteiger partial charge in [-0.3, -0.25) is 9.80 Å². The van der Waals surface area contributed by atoms with Gasteiger partial charge in [0.15, 0.2) is 0 Å². The SMILES string of the molecule is Cc1ccc(C)n1CCN1CCN(Cc2ccnc(N3CCOCC3)n2)CC1. The van der Waals surface area contributed by atoms with E-state index in [0.29, 0.717) is 0 Å². The summed E-state index contributed by atoms with van der Waals surface area (Å²) in [5, 5.41) is 0. The summed E-state index contributed by atoms with van der Waals surface area (Å²) in [7, 11) is 0. The molecule has 0 unspecified atom stereocenters. The first-order valence-electron chi connectivity index (χ1n) is 10.4. The maximum absolute atomic E-state index is 5.43. The summed E-state index contributed by atoms with van der Waals surface area (Å²) in [6.45, 7) is 15.2. The molecule has 2 aromatic heterocycles. The lowest BCUT2D eigenvalue weighted by Crippen LogP contribution is -2.46. The highest BCUT2D eigenvalue weighted by molar-refractivity contribution is 5.30. The van der Waals surface area contributed by atoms with Crippen molar-refractivity contribution in [3.63, 3.8) is 0 Å². The molecule has 28 heavy (non-hydrogen) atoms. The van der Waals surface area contributed by atoms with Gasteiger partial charge in [-0.2, -0.15) is 0 Å². The number of rotatable bonds is 6. The predicted octanol–water partition coefficient (Wildman–Crippen LogP) is 1.55. The first-order chi connectivity index (χ1) is 13.7. The predicted molar refractivity (Wildman–Crippen MR) is 111 cm³/mol. The molecule has 2 aromatic rings. The summed E-state index contributed by atoms with van der Waals surface area (Å²) < 4.78 is 7.84. The first-order valence-corrected chi connectivity index (χ1v) is 10.4. The highest BCUT2D eigenvalue weighted by Gasteiger charge is 2.19. The molecule has 0 bridgehead atoms. The zero-order valence-corrected chi connectivity index (χ0v) is 17.2. The molecule has 152 valence electrons. The van der Waals surface area contributed by atoms with E-state index in [1.54, 1.807) is 0 Å². The second-order valence-electron chi connectivity index (χ2n) is 7.83. The van der Waals surface area contributed by atoms with Gasteiger partial charge >= 0.3 is 0 Å². The zero-order chi connectivity index (χ0) is 19.3. The third-order valence-corrected chi connectivity index (χ3v) is 5.90. The Morgan fingerprint density at radius 2 is 1.54 bits per heavy atom. The number of aryl methyl sites for hydroxylation is 2. The Morgan fingerprint density at radius 1 is 0.857 bits per heavy atom. The smallest absolute Gasteiger partial charge is 0.225 e. The number of hydrogen-bond donors (Lipinski definition) is 0. The highest BCUT2D eigenvalue weighted by Crippen LogP contribution is 2.13. The van der Waals surface area contributed by atoms with Crippen molar-refractivity contribution in [3.8, 4) is 0 Å². The lowest BCUT2D eigenvalue weighted by molar-refractivity contribution is 0.120. The largest absolute Gasteiger partial charge is 0.378 e. The molecule has 0 spiro atoms. The Bertz CT molecular complexity index is 743. The molecule has 2 aliphatic rings. The fourth-order valence-electron chi connectivity index (χ4n) is 4.08. The second-order valence-corrected chi connectivity index (χ2v) is 7.83. The fourth-order valence-corrected chi connectivity index (χ4v) is 4.08. The molecule has 4 heterocycles. The number of nitrogens with zero attached hydrogens (tertiary/aromatic N) is 6. The van der Waals surface area contributed by atoms with Gasteiger partial charge in [0.1, 0.15) is 0 Å². The van der Waals surface area contributed by atoms with Crippen molar-refractivity contribution in [2.45, 2.75) is 26.9 Å². The summed E-state index contributed by atoms with van der Waals surface area (Å²) in [4.78, 5) is 16.6. The van der Waals surface area contributed by atoms with Crippen LogP contribution in [0, 0.1) is 13.8 Å². The summed E-state index contributed by atoms with van der Waals surface area (Å²) in [5.74, 6) is 0.844. The Hall–Kier alpha value is -1.96. The molecule has 2 saturated heterocycles. The van der Waals surface area contributed by atoms with Gasteiger partial charge in [-0.15, -0.1) is 0 Å². The van der Waals surface area contributed by atoms with Gasteiger partial charge in [0.25, 0.3) is 0 Å². The van der Waals surface area contributed by atoms with Gasteiger partial charge in [-0.05, 0) is 32.0 Å². The van der Waals surface area contributed by atoms with Gasteiger partial charge in [0.05, 0.1) is 18.9 Å². The quantitative estimate of drug-likeness (QED) is 0.753. The van der Waals surface area contributed by atoms with Crippen molar-refractivity contribution in [1.29, 1.82) is 0 Å². The number of piperazine rings is 1. The van der Waals surface area contributed by atoms with Crippen LogP contribution in [0.25, 0.3) is 0 Å². The molecule has 2 aliphatic heterocycles. The molecule has 0 radical (unpaired) electrons. The van der Waals surface area contributed by atoms with Crippen LogP contribution >= 0.6 is 0 Å². The molecule has 0 atom stereocenters. The minimum atomic E-state index is 0.762. The van der Waals surface area contributed by atoms with Gasteiger partial charge in [-0.25, -0.2) is 9.97 Å². The van der Waals surface area contributed by atoms with Gasteiger partial charge in [-0.1, -0.05) is 0 Å². The number of anilines is 1. The third-order valence-electron chi connectivity index (χ3n) is 5.90. The van der Waals surface area contributed by atoms with Crippen LogP contribution in [0.5, 0.6) is 0 Å². The lowest BCUT2D eigenvalue weighted by atomic mass is 10.2. The van der Waals surface area contributed by atoms with Crippen LogP contribution in [0.1, 0.15) is 17.1 Å². The number of ether oxygens (including phenoxy) is 1. The molecular formula is C21H32N6O. The average Bonchev–Trinajstić information content (AvgIpc) is 3.06. The molecule has 2 fully saturated rings. The standard InChI is InChI=1S/C21H32N6O/c1-18-3-4-19(2)27(18)12-11-24-7-9-25(10-8-24)17-20-5-6-22-21(23-20)26-13-15-28-16-14-26/h3-6H,7-17H2,1-2H3. The Morgan fingerprint density at radius 3 is 2.25 bits per heavy atom. The number of morpholine rings is 1. The van der Waals surface area contributed by atoms with Crippen molar-refractivity contribution in [2.75, 3.05) is 63.9 Å². The lowest BCUT2D eigenvalue weighted by Gasteiger charge is -2.35. The van der Waals surface area contributed by atoms with E-state index in [1.165, 1.54) is 11.4 Å². The van der Waals surface area contributed by atoms with Crippen molar-refractivity contribution in [1.82, 2.24) is 24.3 Å². The Labute approximate surface area is 167 Å². The summed E-state index contributed by atoms with van der Waals surface area (Å²) >= 11 is 0. The van der Waals surface area contributed by atoms with Crippen LogP contribution in [-0.2, 0) is 17.8 Å². The van der Waals surface area contributed by atoms with E-state index in [1.807, 2.05) is 12.3 Å². The summed E-state index contributed by atoms with van der Waals surface area (Å²) in [6.07, 6.45) is 1.89. The van der Waals surface area contributed by atoms with Crippen LogP contribution < -0.4 is 4.90 Å². The van der Waals surface area contributed by atoms with Crippen LogP contribution in [0.4, 0.5) is 5.95 Å². The van der Waals surface area contributed by atoms with E-state index in [0.717, 1.165) is 83.8 Å². The summed E-state index contributed by atoms with van der Waals surface area (Å²) in [5.41, 5.74) is 3.83. The topological polar surface area (TPSA) is 49.7 Å². The van der Waals surface area contributed by atoms with Crippen molar-refractivity contribution >= 4 is 5.95 Å². The molecule has 7 heteroatoms. The van der Waals surface area contributed by atoms with Gasteiger partial charge < -0.3 is 14.2 Å². The molecule has 0 amide bonds. The Kier molecular flexibility index (Phi) is 6.24. The van der Waals surface area contributed by atoms with Crippen molar-refractivity contribution < 1.29 is 4.74 Å². The van der Waals surface area contributed by atoms with Gasteiger partial charge in [0.2, 0.25) is 5.95 Å². The zero-order valence-electron chi connectivity index (χ0n) is 17.2. The van der Waals surface area contributed by atoms with Crippen LogP contribution in [0.3, 0.4) is 0 Å². The van der Waals surface area contributed by atoms with Crippen LogP contribution in [0.15, 0.2) is 24.4 Å². The van der Waals surface area contributed by atoms with E-state index in [2.05, 4.69) is 50.2 Å². The van der Waals surface area contributed by atoms with E-state index >= 15 is 0 Å². The second kappa shape index (κ2) is 9.03. The van der Waals surface area contributed by atoms with E-state index < -0.39 is 0 Å². The van der Waals surface area contributed by atoms with Crippen LogP contribution in [-0.4, -0.2) is 83.4 Å². The van der Waals surface area contributed by atoms with E-state index in [-0.39, 0.29) is 0 Å². The highest BCUT2D eigenvalue weighted by atomic mass is 16.5. The number of aromatic nitrogens is 3.